The smallest absolute Gasteiger partial charge is 0.323 e. The van der Waals surface area contributed by atoms with Gasteiger partial charge in [-0.05, 0) is 13.3 Å². The first-order valence-electron chi connectivity index (χ1n) is 6.27. The van der Waals surface area contributed by atoms with Crippen molar-refractivity contribution in [2.45, 2.75) is 33.1 Å². The molecule has 1 aromatic heterocycles. The van der Waals surface area contributed by atoms with Crippen LogP contribution in [0.25, 0.3) is 0 Å². The molecule has 0 aliphatic carbocycles. The lowest BCUT2D eigenvalue weighted by molar-refractivity contribution is 0.312. The topological polar surface area (TPSA) is 89.2 Å². The van der Waals surface area contributed by atoms with Gasteiger partial charge in [-0.2, -0.15) is 15.0 Å². The first-order valence-corrected chi connectivity index (χ1v) is 6.27. The molecule has 0 fully saturated rings. The summed E-state index contributed by atoms with van der Waals surface area (Å²) < 4.78 is 5.28. The number of nitrogens with one attached hydrogen (secondary N) is 1. The van der Waals surface area contributed by atoms with Crippen molar-refractivity contribution in [3.63, 3.8) is 0 Å². The molecule has 102 valence electrons. The highest BCUT2D eigenvalue weighted by molar-refractivity contribution is 5.36. The Kier molecular flexibility index (Phi) is 6.13. The van der Waals surface area contributed by atoms with Gasteiger partial charge >= 0.3 is 6.01 Å². The van der Waals surface area contributed by atoms with E-state index in [1.165, 1.54) is 12.8 Å². The number of anilines is 2. The number of aromatic nitrogens is 3. The third kappa shape index (κ3) is 4.33. The molecule has 0 aliphatic heterocycles. The lowest BCUT2D eigenvalue weighted by Crippen LogP contribution is -2.23. The highest BCUT2D eigenvalue weighted by Gasteiger charge is 2.10. The molecule has 7 nitrogen and oxygen atoms in total. The Morgan fingerprint density at radius 2 is 2.00 bits per heavy atom. The Balaban J connectivity index is 2.75. The molecule has 1 rings (SSSR count). The predicted molar refractivity (Wildman–Crippen MR) is 71.6 cm³/mol. The highest BCUT2D eigenvalue weighted by atomic mass is 16.5. The molecule has 3 N–H and O–H groups in total. The zero-order chi connectivity index (χ0) is 13.4. The number of hydrazine groups is 1. The van der Waals surface area contributed by atoms with Gasteiger partial charge in [-0.15, -0.1) is 0 Å². The van der Waals surface area contributed by atoms with Crippen LogP contribution in [-0.4, -0.2) is 35.2 Å². The van der Waals surface area contributed by atoms with E-state index in [1.807, 2.05) is 18.9 Å². The maximum Gasteiger partial charge on any atom is 0.323 e. The van der Waals surface area contributed by atoms with Crippen molar-refractivity contribution in [1.29, 1.82) is 0 Å². The molecular weight excluding hydrogens is 232 g/mol. The van der Waals surface area contributed by atoms with Crippen LogP contribution >= 0.6 is 0 Å². The van der Waals surface area contributed by atoms with E-state index in [1.54, 1.807) is 0 Å². The van der Waals surface area contributed by atoms with Gasteiger partial charge in [-0.25, -0.2) is 5.84 Å². The summed E-state index contributed by atoms with van der Waals surface area (Å²) in [6.07, 6.45) is 3.48. The summed E-state index contributed by atoms with van der Waals surface area (Å²) in [6, 6.07) is 0.290. The molecule has 0 saturated heterocycles. The second-order valence-electron chi connectivity index (χ2n) is 3.95. The fourth-order valence-electron chi connectivity index (χ4n) is 1.47. The Bertz CT molecular complexity index is 359. The van der Waals surface area contributed by atoms with E-state index in [-0.39, 0.29) is 6.01 Å². The molecule has 0 radical (unpaired) electrons. The summed E-state index contributed by atoms with van der Waals surface area (Å²) in [5.74, 6) is 6.21. The van der Waals surface area contributed by atoms with E-state index >= 15 is 0 Å². The number of ether oxygens (including phenoxy) is 1. The summed E-state index contributed by atoms with van der Waals surface area (Å²) in [4.78, 5) is 14.4. The first kappa shape index (κ1) is 14.4. The van der Waals surface area contributed by atoms with Gasteiger partial charge < -0.3 is 9.64 Å². The molecule has 1 aromatic rings. The van der Waals surface area contributed by atoms with E-state index in [0.717, 1.165) is 13.0 Å². The van der Waals surface area contributed by atoms with Crippen LogP contribution in [0.4, 0.5) is 11.9 Å². The van der Waals surface area contributed by atoms with Crippen molar-refractivity contribution in [2.75, 3.05) is 30.5 Å². The summed E-state index contributed by atoms with van der Waals surface area (Å²) in [5.41, 5.74) is 2.42. The van der Waals surface area contributed by atoms with Crippen LogP contribution in [0.15, 0.2) is 0 Å². The Hall–Kier alpha value is -1.63. The second kappa shape index (κ2) is 7.65. The van der Waals surface area contributed by atoms with Crippen molar-refractivity contribution in [1.82, 2.24) is 15.0 Å². The van der Waals surface area contributed by atoms with Crippen LogP contribution in [0.1, 0.15) is 33.1 Å². The molecule has 18 heavy (non-hydrogen) atoms. The van der Waals surface area contributed by atoms with Crippen molar-refractivity contribution >= 4 is 11.9 Å². The molecule has 0 spiro atoms. The predicted octanol–water partition coefficient (Wildman–Crippen LogP) is 1.18. The average molecular weight is 254 g/mol. The molecule has 0 bridgehead atoms. The van der Waals surface area contributed by atoms with Crippen LogP contribution in [-0.2, 0) is 0 Å². The molecule has 0 unspecified atom stereocenters. The zero-order valence-corrected chi connectivity index (χ0v) is 11.3. The van der Waals surface area contributed by atoms with E-state index in [9.17, 15) is 0 Å². The van der Waals surface area contributed by atoms with Crippen molar-refractivity contribution in [3.05, 3.63) is 0 Å². The Morgan fingerprint density at radius 1 is 1.22 bits per heavy atom. The monoisotopic (exact) mass is 254 g/mol. The van der Waals surface area contributed by atoms with Gasteiger partial charge in [-0.3, -0.25) is 5.43 Å². The standard InChI is InChI=1S/C11H22N6O/c1-4-6-7-8-17(3)10-13-9(16-12)14-11(15-10)18-5-2/h4-8,12H2,1-3H3,(H,13,14,15,16). The molecule has 0 saturated carbocycles. The van der Waals surface area contributed by atoms with Crippen molar-refractivity contribution in [3.8, 4) is 6.01 Å². The zero-order valence-electron chi connectivity index (χ0n) is 11.3. The number of hydrogen-bond donors (Lipinski definition) is 2. The minimum absolute atomic E-state index is 0.290. The van der Waals surface area contributed by atoms with Gasteiger partial charge in [-0.1, -0.05) is 19.8 Å². The van der Waals surface area contributed by atoms with Crippen LogP contribution < -0.4 is 20.9 Å². The van der Waals surface area contributed by atoms with Crippen LogP contribution in [0.5, 0.6) is 6.01 Å². The molecule has 0 aliphatic rings. The number of nitrogens with two attached hydrogens (primary N) is 1. The molecule has 0 amide bonds. The van der Waals surface area contributed by atoms with Crippen LogP contribution in [0.2, 0.25) is 0 Å². The SMILES string of the molecule is CCCCCN(C)c1nc(NN)nc(OCC)n1. The fourth-order valence-corrected chi connectivity index (χ4v) is 1.47. The molecule has 0 atom stereocenters. The number of rotatable bonds is 8. The number of unbranched alkanes of at least 4 members (excludes halogenated alkanes) is 2. The van der Waals surface area contributed by atoms with Gasteiger partial charge in [0.05, 0.1) is 6.61 Å². The van der Waals surface area contributed by atoms with E-state index in [2.05, 4.69) is 27.3 Å². The quantitative estimate of drug-likeness (QED) is 0.409. The van der Waals surface area contributed by atoms with E-state index in [0.29, 0.717) is 18.5 Å². The van der Waals surface area contributed by atoms with Gasteiger partial charge in [0.25, 0.3) is 0 Å². The summed E-state index contributed by atoms with van der Waals surface area (Å²) >= 11 is 0. The largest absolute Gasteiger partial charge is 0.464 e. The van der Waals surface area contributed by atoms with Gasteiger partial charge in [0.2, 0.25) is 11.9 Å². The molecule has 1 heterocycles. The number of hydrogen-bond acceptors (Lipinski definition) is 7. The lowest BCUT2D eigenvalue weighted by Gasteiger charge is -2.17. The Labute approximate surface area is 108 Å². The van der Waals surface area contributed by atoms with E-state index in [4.69, 9.17) is 10.6 Å². The Morgan fingerprint density at radius 3 is 2.61 bits per heavy atom. The third-order valence-corrected chi connectivity index (χ3v) is 2.44. The number of nitrogen functional groups attached to an aromatic ring is 1. The van der Waals surface area contributed by atoms with E-state index < -0.39 is 0 Å². The molecular formula is C11H22N6O. The number of nitrogens with zero attached hydrogens (tertiary/aromatic N) is 4. The maximum atomic E-state index is 5.33. The third-order valence-electron chi connectivity index (χ3n) is 2.44. The average Bonchev–Trinajstić information content (AvgIpc) is 2.39. The van der Waals surface area contributed by atoms with Crippen LogP contribution in [0.3, 0.4) is 0 Å². The minimum Gasteiger partial charge on any atom is -0.464 e. The summed E-state index contributed by atoms with van der Waals surface area (Å²) in [6.45, 7) is 5.46. The van der Waals surface area contributed by atoms with Gasteiger partial charge in [0.1, 0.15) is 0 Å². The van der Waals surface area contributed by atoms with Crippen molar-refractivity contribution in [2.24, 2.45) is 5.84 Å². The summed E-state index contributed by atoms with van der Waals surface area (Å²) in [7, 11) is 1.95. The lowest BCUT2D eigenvalue weighted by atomic mass is 10.2. The fraction of sp³-hybridized carbons (Fsp3) is 0.727. The first-order chi connectivity index (χ1) is 8.71. The highest BCUT2D eigenvalue weighted by Crippen LogP contribution is 2.14. The normalized spacial score (nSPS) is 10.2. The molecule has 7 heteroatoms. The molecule has 0 aromatic carbocycles. The van der Waals surface area contributed by atoms with Crippen LogP contribution in [0, 0.1) is 0 Å². The van der Waals surface area contributed by atoms with Crippen molar-refractivity contribution < 1.29 is 4.74 Å². The van der Waals surface area contributed by atoms with Gasteiger partial charge in [0.15, 0.2) is 0 Å². The van der Waals surface area contributed by atoms with Gasteiger partial charge in [0, 0.05) is 13.6 Å². The minimum atomic E-state index is 0.290. The second-order valence-corrected chi connectivity index (χ2v) is 3.95. The maximum absolute atomic E-state index is 5.33. The summed E-state index contributed by atoms with van der Waals surface area (Å²) in [5, 5.41) is 0.